The molecule has 0 aliphatic carbocycles. The zero-order valence-corrected chi connectivity index (χ0v) is 17.0. The highest BCUT2D eigenvalue weighted by molar-refractivity contribution is 5.79. The average molecular weight is 393 g/mol. The van der Waals surface area contributed by atoms with E-state index in [0.29, 0.717) is 13.2 Å². The normalized spacial score (nSPS) is 12.6. The summed E-state index contributed by atoms with van der Waals surface area (Å²) in [6, 6.07) is 18.4. The van der Waals surface area contributed by atoms with Crippen molar-refractivity contribution in [3.8, 4) is 5.69 Å². The van der Waals surface area contributed by atoms with Crippen LogP contribution >= 0.6 is 0 Å². The SMILES string of the molecule is CN=C(NCCCOC(C)c1ccccc1)NCc1ccc(-n2cncn2)cc1. The molecule has 0 radical (unpaired) electrons. The van der Waals surface area contributed by atoms with Gasteiger partial charge >= 0.3 is 0 Å². The summed E-state index contributed by atoms with van der Waals surface area (Å²) in [5.41, 5.74) is 3.35. The fourth-order valence-corrected chi connectivity index (χ4v) is 2.87. The molecule has 7 nitrogen and oxygen atoms in total. The zero-order chi connectivity index (χ0) is 20.3. The van der Waals surface area contributed by atoms with Gasteiger partial charge in [0.1, 0.15) is 12.7 Å². The minimum absolute atomic E-state index is 0.106. The van der Waals surface area contributed by atoms with Gasteiger partial charge < -0.3 is 15.4 Å². The molecule has 152 valence electrons. The topological polar surface area (TPSA) is 76.4 Å². The van der Waals surface area contributed by atoms with Gasteiger partial charge in [-0.1, -0.05) is 42.5 Å². The van der Waals surface area contributed by atoms with Crippen LogP contribution in [0.4, 0.5) is 0 Å². The van der Waals surface area contributed by atoms with Crippen LogP contribution in [-0.4, -0.2) is 40.9 Å². The van der Waals surface area contributed by atoms with Gasteiger partial charge in [-0.25, -0.2) is 9.67 Å². The number of hydrogen-bond donors (Lipinski definition) is 2. The van der Waals surface area contributed by atoms with Crippen LogP contribution in [-0.2, 0) is 11.3 Å². The van der Waals surface area contributed by atoms with E-state index in [9.17, 15) is 0 Å². The van der Waals surface area contributed by atoms with Crippen molar-refractivity contribution in [2.75, 3.05) is 20.2 Å². The lowest BCUT2D eigenvalue weighted by molar-refractivity contribution is 0.0646. The lowest BCUT2D eigenvalue weighted by Crippen LogP contribution is -2.37. The molecule has 0 amide bonds. The maximum atomic E-state index is 5.90. The zero-order valence-electron chi connectivity index (χ0n) is 17.0. The Hall–Kier alpha value is -3.19. The van der Waals surface area contributed by atoms with Crippen molar-refractivity contribution < 1.29 is 4.74 Å². The van der Waals surface area contributed by atoms with Gasteiger partial charge in [0, 0.05) is 26.7 Å². The second-order valence-corrected chi connectivity index (χ2v) is 6.64. The Morgan fingerprint density at radius 3 is 2.59 bits per heavy atom. The first-order chi connectivity index (χ1) is 14.3. The van der Waals surface area contributed by atoms with Crippen LogP contribution in [0.15, 0.2) is 72.2 Å². The number of nitrogens with one attached hydrogen (secondary N) is 2. The van der Waals surface area contributed by atoms with Crippen LogP contribution in [0.1, 0.15) is 30.6 Å². The van der Waals surface area contributed by atoms with Gasteiger partial charge in [0.25, 0.3) is 0 Å². The van der Waals surface area contributed by atoms with E-state index in [1.165, 1.54) is 11.9 Å². The van der Waals surface area contributed by atoms with Gasteiger partial charge in [0.05, 0.1) is 11.8 Å². The summed E-state index contributed by atoms with van der Waals surface area (Å²) >= 11 is 0. The number of rotatable bonds is 9. The molecule has 0 aliphatic heterocycles. The lowest BCUT2D eigenvalue weighted by atomic mass is 10.1. The molecule has 29 heavy (non-hydrogen) atoms. The quantitative estimate of drug-likeness (QED) is 0.332. The monoisotopic (exact) mass is 392 g/mol. The van der Waals surface area contributed by atoms with E-state index >= 15 is 0 Å². The van der Waals surface area contributed by atoms with Crippen LogP contribution in [0.25, 0.3) is 5.69 Å². The number of benzene rings is 2. The molecular formula is C22H28N6O. The van der Waals surface area contributed by atoms with Gasteiger partial charge in [-0.2, -0.15) is 5.10 Å². The molecule has 3 rings (SSSR count). The van der Waals surface area contributed by atoms with Gasteiger partial charge in [-0.3, -0.25) is 4.99 Å². The van der Waals surface area contributed by atoms with Crippen LogP contribution in [0.3, 0.4) is 0 Å². The van der Waals surface area contributed by atoms with E-state index in [4.69, 9.17) is 4.74 Å². The third kappa shape index (κ3) is 6.43. The Bertz CT molecular complexity index is 862. The molecular weight excluding hydrogens is 364 g/mol. The molecule has 0 spiro atoms. The van der Waals surface area contributed by atoms with Crippen LogP contribution in [0, 0.1) is 0 Å². The highest BCUT2D eigenvalue weighted by Crippen LogP contribution is 2.15. The predicted octanol–water partition coefficient (Wildman–Crippen LogP) is 3.10. The maximum Gasteiger partial charge on any atom is 0.191 e. The highest BCUT2D eigenvalue weighted by atomic mass is 16.5. The second-order valence-electron chi connectivity index (χ2n) is 6.64. The van der Waals surface area contributed by atoms with Crippen LogP contribution in [0.2, 0.25) is 0 Å². The third-order valence-electron chi connectivity index (χ3n) is 4.55. The summed E-state index contributed by atoms with van der Waals surface area (Å²) in [5.74, 6) is 0.779. The van der Waals surface area contributed by atoms with Crippen molar-refractivity contribution in [1.82, 2.24) is 25.4 Å². The predicted molar refractivity (Wildman–Crippen MR) is 115 cm³/mol. The van der Waals surface area contributed by atoms with Crippen molar-refractivity contribution in [1.29, 1.82) is 0 Å². The first-order valence-electron chi connectivity index (χ1n) is 9.81. The summed E-state index contributed by atoms with van der Waals surface area (Å²) in [5, 5.41) is 10.8. The Kier molecular flexibility index (Phi) is 7.77. The number of ether oxygens (including phenoxy) is 1. The fraction of sp³-hybridized carbons (Fsp3) is 0.318. The number of guanidine groups is 1. The Balaban J connectivity index is 1.34. The van der Waals surface area contributed by atoms with Gasteiger partial charge in [-0.15, -0.1) is 0 Å². The van der Waals surface area contributed by atoms with E-state index in [1.807, 2.05) is 30.3 Å². The van der Waals surface area contributed by atoms with Gasteiger partial charge in [0.2, 0.25) is 0 Å². The van der Waals surface area contributed by atoms with Crippen molar-refractivity contribution in [2.45, 2.75) is 26.0 Å². The van der Waals surface area contributed by atoms with E-state index < -0.39 is 0 Å². The van der Waals surface area contributed by atoms with E-state index in [0.717, 1.165) is 30.2 Å². The molecule has 0 saturated heterocycles. The van der Waals surface area contributed by atoms with Crippen molar-refractivity contribution in [3.05, 3.63) is 78.4 Å². The number of nitrogens with zero attached hydrogens (tertiary/aromatic N) is 4. The third-order valence-corrected chi connectivity index (χ3v) is 4.55. The molecule has 2 aromatic carbocycles. The maximum absolute atomic E-state index is 5.90. The molecule has 2 N–H and O–H groups in total. The second kappa shape index (κ2) is 11.0. The average Bonchev–Trinajstić information content (AvgIpc) is 3.31. The number of aromatic nitrogens is 3. The summed E-state index contributed by atoms with van der Waals surface area (Å²) in [7, 11) is 1.77. The molecule has 0 fully saturated rings. The molecule has 1 atom stereocenters. The molecule has 1 aromatic heterocycles. The van der Waals surface area contributed by atoms with Crippen LogP contribution in [0.5, 0.6) is 0 Å². The summed E-state index contributed by atoms with van der Waals surface area (Å²) < 4.78 is 7.64. The molecule has 0 bridgehead atoms. The summed E-state index contributed by atoms with van der Waals surface area (Å²) in [6.07, 6.45) is 4.22. The first kappa shape index (κ1) is 20.5. The standard InChI is InChI=1S/C22H28N6O/c1-18(20-7-4-3-5-8-20)29-14-6-13-25-22(23-2)26-15-19-9-11-21(12-10-19)28-17-24-16-27-28/h3-5,7-12,16-18H,6,13-15H2,1-2H3,(H2,23,25,26). The Morgan fingerprint density at radius 1 is 1.10 bits per heavy atom. The summed E-state index contributed by atoms with van der Waals surface area (Å²) in [6.45, 7) is 4.27. The van der Waals surface area contributed by atoms with Gasteiger partial charge in [0.15, 0.2) is 5.96 Å². The van der Waals surface area contributed by atoms with Crippen LogP contribution < -0.4 is 10.6 Å². The van der Waals surface area contributed by atoms with Gasteiger partial charge in [-0.05, 0) is 36.6 Å². The number of aliphatic imine (C=N–C) groups is 1. The highest BCUT2D eigenvalue weighted by Gasteiger charge is 2.04. The number of hydrogen-bond acceptors (Lipinski definition) is 4. The fourth-order valence-electron chi connectivity index (χ4n) is 2.87. The molecule has 7 heteroatoms. The van der Waals surface area contributed by atoms with Crippen molar-refractivity contribution >= 4 is 5.96 Å². The van der Waals surface area contributed by atoms with Crippen molar-refractivity contribution in [2.24, 2.45) is 4.99 Å². The molecule has 3 aromatic rings. The molecule has 0 saturated carbocycles. The first-order valence-corrected chi connectivity index (χ1v) is 9.81. The van der Waals surface area contributed by atoms with E-state index in [1.54, 1.807) is 18.1 Å². The minimum Gasteiger partial charge on any atom is -0.374 e. The minimum atomic E-state index is 0.106. The lowest BCUT2D eigenvalue weighted by Gasteiger charge is -2.15. The molecule has 1 heterocycles. The largest absolute Gasteiger partial charge is 0.374 e. The Labute approximate surface area is 171 Å². The van der Waals surface area contributed by atoms with E-state index in [2.05, 4.69) is 56.9 Å². The molecule has 1 unspecified atom stereocenters. The summed E-state index contributed by atoms with van der Waals surface area (Å²) in [4.78, 5) is 8.24. The van der Waals surface area contributed by atoms with E-state index in [-0.39, 0.29) is 6.10 Å². The Morgan fingerprint density at radius 2 is 1.90 bits per heavy atom. The molecule has 0 aliphatic rings. The van der Waals surface area contributed by atoms with Crippen molar-refractivity contribution in [3.63, 3.8) is 0 Å². The smallest absolute Gasteiger partial charge is 0.191 e.